The fraction of sp³-hybridized carbons (Fsp3) is 0.300. The molecule has 92 valence electrons. The number of rotatable bonds is 4. The molecule has 0 aromatic carbocycles. The summed E-state index contributed by atoms with van der Waals surface area (Å²) in [7, 11) is 0. The van der Waals surface area contributed by atoms with Gasteiger partial charge in [-0.1, -0.05) is 0 Å². The number of carboxylic acids is 1. The predicted octanol–water partition coefficient (Wildman–Crippen LogP) is 0.408. The zero-order valence-corrected chi connectivity index (χ0v) is 10.5. The van der Waals surface area contributed by atoms with Gasteiger partial charge in [-0.05, 0) is 35.0 Å². The van der Waals surface area contributed by atoms with Crippen LogP contribution in [0.5, 0.6) is 0 Å². The van der Waals surface area contributed by atoms with E-state index < -0.39 is 24.0 Å². The fourth-order valence-electron chi connectivity index (χ4n) is 1.15. The van der Waals surface area contributed by atoms with E-state index in [-0.39, 0.29) is 5.69 Å². The third-order valence-electron chi connectivity index (χ3n) is 2.01. The number of aromatic nitrogens is 1. The molecule has 0 bridgehead atoms. The van der Waals surface area contributed by atoms with Crippen LogP contribution in [0.15, 0.2) is 22.8 Å². The third-order valence-corrected chi connectivity index (χ3v) is 2.65. The average molecular weight is 303 g/mol. The number of nitrogens with one attached hydrogen (secondary N) is 1. The highest BCUT2D eigenvalue weighted by Gasteiger charge is 2.26. The van der Waals surface area contributed by atoms with Crippen molar-refractivity contribution >= 4 is 27.8 Å². The number of halogens is 1. The van der Waals surface area contributed by atoms with Gasteiger partial charge in [0.05, 0.1) is 6.10 Å². The Labute approximate surface area is 106 Å². The lowest BCUT2D eigenvalue weighted by Gasteiger charge is -2.16. The minimum Gasteiger partial charge on any atom is -0.480 e. The minimum atomic E-state index is -1.36. The first-order valence-electron chi connectivity index (χ1n) is 4.75. The van der Waals surface area contributed by atoms with E-state index in [1.54, 1.807) is 12.1 Å². The van der Waals surface area contributed by atoms with Crippen molar-refractivity contribution in [1.29, 1.82) is 0 Å². The van der Waals surface area contributed by atoms with Crippen molar-refractivity contribution in [2.45, 2.75) is 19.1 Å². The van der Waals surface area contributed by atoms with Crippen molar-refractivity contribution in [3.8, 4) is 0 Å². The first-order valence-corrected chi connectivity index (χ1v) is 5.55. The molecule has 1 aromatic heterocycles. The second kappa shape index (κ2) is 5.74. The Morgan fingerprint density at radius 3 is 2.65 bits per heavy atom. The van der Waals surface area contributed by atoms with Gasteiger partial charge >= 0.3 is 5.97 Å². The summed E-state index contributed by atoms with van der Waals surface area (Å²) in [6.07, 6.45) is 0.219. The molecule has 3 N–H and O–H groups in total. The molecule has 0 fully saturated rings. The highest BCUT2D eigenvalue weighted by Crippen LogP contribution is 2.13. The maximum atomic E-state index is 11.7. The standard InChI is InChI=1S/C10H11BrN2O4/c1-5(14)7(10(16)17)13-9(15)8-6(11)3-2-4-12-8/h2-5,7,14H,1H3,(H,13,15)(H,16,17)/t5-,7+/m1/s1. The van der Waals surface area contributed by atoms with Crippen molar-refractivity contribution in [1.82, 2.24) is 10.3 Å². The number of carboxylic acid groups (broad SMARTS) is 1. The molecule has 0 saturated carbocycles. The van der Waals surface area contributed by atoms with Crippen molar-refractivity contribution in [3.63, 3.8) is 0 Å². The summed E-state index contributed by atoms with van der Waals surface area (Å²) in [4.78, 5) is 26.3. The van der Waals surface area contributed by atoms with Gasteiger partial charge in [0.25, 0.3) is 5.91 Å². The van der Waals surface area contributed by atoms with Crippen molar-refractivity contribution in [2.75, 3.05) is 0 Å². The fourth-order valence-corrected chi connectivity index (χ4v) is 1.59. The van der Waals surface area contributed by atoms with E-state index in [1.165, 1.54) is 13.1 Å². The first-order chi connectivity index (χ1) is 7.93. The maximum absolute atomic E-state index is 11.7. The molecule has 17 heavy (non-hydrogen) atoms. The van der Waals surface area contributed by atoms with E-state index in [4.69, 9.17) is 5.11 Å². The molecule has 1 rings (SSSR count). The quantitative estimate of drug-likeness (QED) is 0.748. The number of amides is 1. The Bertz CT molecular complexity index is 436. The average Bonchev–Trinajstić information content (AvgIpc) is 2.25. The van der Waals surface area contributed by atoms with Crippen molar-refractivity contribution in [2.24, 2.45) is 0 Å². The van der Waals surface area contributed by atoms with E-state index in [0.29, 0.717) is 4.47 Å². The molecule has 0 unspecified atom stereocenters. The van der Waals surface area contributed by atoms with Gasteiger partial charge in [0, 0.05) is 10.7 Å². The van der Waals surface area contributed by atoms with Gasteiger partial charge in [0.1, 0.15) is 5.69 Å². The van der Waals surface area contributed by atoms with Gasteiger partial charge in [-0.15, -0.1) is 0 Å². The predicted molar refractivity (Wildman–Crippen MR) is 62.5 cm³/mol. The molecule has 0 radical (unpaired) electrons. The van der Waals surface area contributed by atoms with Crippen LogP contribution in [0.1, 0.15) is 17.4 Å². The topological polar surface area (TPSA) is 99.5 Å². The Morgan fingerprint density at radius 2 is 2.18 bits per heavy atom. The molecule has 0 spiro atoms. The summed E-state index contributed by atoms with van der Waals surface area (Å²) in [6, 6.07) is 1.88. The van der Waals surface area contributed by atoms with Gasteiger partial charge in [0.15, 0.2) is 6.04 Å². The molecule has 1 amide bonds. The zero-order chi connectivity index (χ0) is 13.0. The van der Waals surface area contributed by atoms with Gasteiger partial charge in [-0.2, -0.15) is 0 Å². The molecule has 1 heterocycles. The van der Waals surface area contributed by atoms with Gasteiger partial charge in [-0.3, -0.25) is 4.79 Å². The second-order valence-electron chi connectivity index (χ2n) is 3.36. The number of pyridine rings is 1. The Balaban J connectivity index is 2.85. The smallest absolute Gasteiger partial charge is 0.328 e. The van der Waals surface area contributed by atoms with Crippen LogP contribution in [0.2, 0.25) is 0 Å². The number of aliphatic hydroxyl groups is 1. The summed E-state index contributed by atoms with van der Waals surface area (Å²) in [5.41, 5.74) is 0.0689. The van der Waals surface area contributed by atoms with Crippen LogP contribution in [0.4, 0.5) is 0 Å². The van der Waals surface area contributed by atoms with Gasteiger partial charge in [0.2, 0.25) is 0 Å². The number of hydrogen-bond acceptors (Lipinski definition) is 4. The van der Waals surface area contributed by atoms with Crippen LogP contribution in [0, 0.1) is 0 Å². The van der Waals surface area contributed by atoms with Crippen LogP contribution in [0.25, 0.3) is 0 Å². The second-order valence-corrected chi connectivity index (χ2v) is 4.22. The molecule has 7 heteroatoms. The first kappa shape index (κ1) is 13.6. The number of aliphatic carboxylic acids is 1. The summed E-state index contributed by atoms with van der Waals surface area (Å²) >= 11 is 3.13. The van der Waals surface area contributed by atoms with E-state index in [1.807, 2.05) is 0 Å². The number of aliphatic hydroxyl groups excluding tert-OH is 1. The number of hydrogen-bond donors (Lipinski definition) is 3. The van der Waals surface area contributed by atoms with E-state index in [9.17, 15) is 14.7 Å². The number of carbonyl (C=O) groups is 2. The van der Waals surface area contributed by atoms with Crippen LogP contribution < -0.4 is 5.32 Å². The molecule has 0 saturated heterocycles. The zero-order valence-electron chi connectivity index (χ0n) is 8.92. The van der Waals surface area contributed by atoms with E-state index in [2.05, 4.69) is 26.2 Å². The summed E-state index contributed by atoms with van der Waals surface area (Å²) in [6.45, 7) is 1.28. The Morgan fingerprint density at radius 1 is 1.53 bits per heavy atom. The van der Waals surface area contributed by atoms with Crippen molar-refractivity contribution < 1.29 is 19.8 Å². The molecule has 0 aliphatic rings. The summed E-state index contributed by atoms with van der Waals surface area (Å²) in [5, 5.41) is 20.2. The minimum absolute atomic E-state index is 0.0689. The van der Waals surface area contributed by atoms with E-state index in [0.717, 1.165) is 0 Å². The van der Waals surface area contributed by atoms with Crippen molar-refractivity contribution in [3.05, 3.63) is 28.5 Å². The lowest BCUT2D eigenvalue weighted by atomic mass is 10.2. The highest BCUT2D eigenvalue weighted by atomic mass is 79.9. The maximum Gasteiger partial charge on any atom is 0.328 e. The molecule has 6 nitrogen and oxygen atoms in total. The Kier molecular flexibility index (Phi) is 4.59. The van der Waals surface area contributed by atoms with Crippen LogP contribution in [-0.2, 0) is 4.79 Å². The van der Waals surface area contributed by atoms with Gasteiger partial charge < -0.3 is 15.5 Å². The van der Waals surface area contributed by atoms with Crippen LogP contribution >= 0.6 is 15.9 Å². The lowest BCUT2D eigenvalue weighted by Crippen LogP contribution is -2.47. The SMILES string of the molecule is C[C@@H](O)[C@H](NC(=O)c1ncccc1Br)C(=O)O. The third kappa shape index (κ3) is 3.50. The summed E-state index contributed by atoms with van der Waals surface area (Å²) in [5.74, 6) is -1.97. The normalized spacial score (nSPS) is 13.8. The monoisotopic (exact) mass is 302 g/mol. The highest BCUT2D eigenvalue weighted by molar-refractivity contribution is 9.10. The number of carbonyl (C=O) groups excluding carboxylic acids is 1. The number of nitrogens with zero attached hydrogens (tertiary/aromatic N) is 1. The summed E-state index contributed by atoms with van der Waals surface area (Å²) < 4.78 is 0.451. The lowest BCUT2D eigenvalue weighted by molar-refractivity contribution is -0.141. The molecule has 0 aliphatic carbocycles. The largest absolute Gasteiger partial charge is 0.480 e. The Hall–Kier alpha value is -1.47. The van der Waals surface area contributed by atoms with Crippen LogP contribution in [-0.4, -0.2) is 39.2 Å². The van der Waals surface area contributed by atoms with Gasteiger partial charge in [-0.25, -0.2) is 9.78 Å². The molecule has 0 aliphatic heterocycles. The molecule has 2 atom stereocenters. The van der Waals surface area contributed by atoms with E-state index >= 15 is 0 Å². The molecule has 1 aromatic rings. The van der Waals surface area contributed by atoms with Crippen LogP contribution in [0.3, 0.4) is 0 Å². The molecular weight excluding hydrogens is 292 g/mol. The molecular formula is C10H11BrN2O4.